The fourth-order valence-corrected chi connectivity index (χ4v) is 4.16. The van der Waals surface area contributed by atoms with Crippen LogP contribution in [0.3, 0.4) is 0 Å². The molecule has 2 aromatic rings. The normalized spacial score (nSPS) is 12.7. The topological polar surface area (TPSA) is 62.8 Å². The van der Waals surface area contributed by atoms with E-state index in [0.717, 1.165) is 0 Å². The van der Waals surface area contributed by atoms with Gasteiger partial charge >= 0.3 is 5.51 Å². The molecule has 0 bridgehead atoms. The summed E-state index contributed by atoms with van der Waals surface area (Å²) in [6, 6.07) is 1.34. The second kappa shape index (κ2) is 5.97. The highest BCUT2D eigenvalue weighted by Crippen LogP contribution is 2.42. The van der Waals surface area contributed by atoms with Crippen molar-refractivity contribution in [2.24, 2.45) is 0 Å². The Kier molecular flexibility index (Phi) is 4.90. The van der Waals surface area contributed by atoms with Crippen molar-refractivity contribution < 1.29 is 21.6 Å². The van der Waals surface area contributed by atoms with Crippen LogP contribution in [0.1, 0.15) is 0 Å². The average molecular weight is 503 g/mol. The first-order valence-electron chi connectivity index (χ1n) is 5.16. The molecule has 0 spiro atoms. The molecule has 12 heteroatoms. The van der Waals surface area contributed by atoms with E-state index in [2.05, 4.69) is 41.8 Å². The maximum Gasteiger partial charge on any atom is 0.503 e. The molecule has 0 aromatic carbocycles. The van der Waals surface area contributed by atoms with Gasteiger partial charge in [0.15, 0.2) is 5.03 Å². The lowest BCUT2D eigenvalue weighted by atomic mass is 10.2. The molecule has 2 heterocycles. The summed E-state index contributed by atoms with van der Waals surface area (Å²) in [4.78, 5) is 5.97. The van der Waals surface area contributed by atoms with Crippen LogP contribution in [0.5, 0.6) is 0 Å². The second-order valence-electron chi connectivity index (χ2n) is 3.90. The van der Waals surface area contributed by atoms with E-state index in [0.29, 0.717) is 0 Å². The molecule has 0 aliphatic carbocycles. The van der Waals surface area contributed by atoms with Crippen LogP contribution in [-0.2, 0) is 9.84 Å². The Labute approximate surface area is 149 Å². The van der Waals surface area contributed by atoms with E-state index in [1.807, 2.05) is 0 Å². The summed E-state index contributed by atoms with van der Waals surface area (Å²) >= 11 is 17.3. The Hall–Kier alpha value is -0.290. The Morgan fingerprint density at radius 1 is 1.18 bits per heavy atom. The number of halogens is 7. The summed E-state index contributed by atoms with van der Waals surface area (Å²) < 4.78 is 60.8. The maximum absolute atomic E-state index is 12.7. The SMILES string of the molecule is O=S(=O)(c1[nH]c(-c2cnc(Cl)c(Cl)c2)c(Br)c1Br)C(F)(F)F. The Balaban J connectivity index is 2.68. The lowest BCUT2D eigenvalue weighted by Gasteiger charge is -2.06. The van der Waals surface area contributed by atoms with Crippen LogP contribution in [0.2, 0.25) is 10.2 Å². The van der Waals surface area contributed by atoms with Crippen molar-refractivity contribution in [3.63, 3.8) is 0 Å². The van der Waals surface area contributed by atoms with Crippen molar-refractivity contribution in [3.8, 4) is 11.3 Å². The number of pyridine rings is 1. The third-order valence-corrected chi connectivity index (χ3v) is 7.03. The summed E-state index contributed by atoms with van der Waals surface area (Å²) in [7, 11) is -5.55. The van der Waals surface area contributed by atoms with Gasteiger partial charge in [-0.25, -0.2) is 13.4 Å². The Morgan fingerprint density at radius 2 is 1.77 bits per heavy atom. The molecular weight excluding hydrogens is 500 g/mol. The van der Waals surface area contributed by atoms with Crippen molar-refractivity contribution in [2.45, 2.75) is 10.5 Å². The third-order valence-electron chi connectivity index (χ3n) is 2.51. The van der Waals surface area contributed by atoms with E-state index in [-0.39, 0.29) is 30.4 Å². The zero-order valence-electron chi connectivity index (χ0n) is 9.97. The molecular formula is C10H3Br2Cl2F3N2O2S. The molecule has 0 amide bonds. The number of hydrogen-bond acceptors (Lipinski definition) is 3. The van der Waals surface area contributed by atoms with Gasteiger partial charge in [0.05, 0.1) is 19.7 Å². The van der Waals surface area contributed by atoms with Crippen LogP contribution in [0.4, 0.5) is 13.2 Å². The minimum absolute atomic E-state index is 0.00953. The molecule has 0 saturated carbocycles. The van der Waals surface area contributed by atoms with Crippen molar-refractivity contribution in [1.82, 2.24) is 9.97 Å². The van der Waals surface area contributed by atoms with Crippen molar-refractivity contribution >= 4 is 64.9 Å². The molecule has 22 heavy (non-hydrogen) atoms. The predicted octanol–water partition coefficient (Wildman–Crippen LogP) is 5.20. The highest BCUT2D eigenvalue weighted by Gasteiger charge is 2.49. The second-order valence-corrected chi connectivity index (χ2v) is 8.13. The fraction of sp³-hybridized carbons (Fsp3) is 0.100. The van der Waals surface area contributed by atoms with Crippen LogP contribution in [0, 0.1) is 0 Å². The van der Waals surface area contributed by atoms with Gasteiger partial charge in [-0.15, -0.1) is 0 Å². The third kappa shape index (κ3) is 3.03. The molecule has 120 valence electrons. The highest BCUT2D eigenvalue weighted by atomic mass is 79.9. The lowest BCUT2D eigenvalue weighted by molar-refractivity contribution is -0.0438. The zero-order chi connectivity index (χ0) is 16.9. The van der Waals surface area contributed by atoms with Crippen LogP contribution < -0.4 is 0 Å². The first-order valence-corrected chi connectivity index (χ1v) is 8.99. The largest absolute Gasteiger partial charge is 0.503 e. The van der Waals surface area contributed by atoms with Gasteiger partial charge in [-0.05, 0) is 37.9 Å². The minimum atomic E-state index is -5.55. The first-order chi connectivity index (χ1) is 9.96. The minimum Gasteiger partial charge on any atom is -0.343 e. The number of hydrogen-bond donors (Lipinski definition) is 1. The standard InChI is InChI=1S/C10H3Br2Cl2F3N2O2S/c11-5-6(12)9(22(20,21)10(15,16)17)19-7(5)3-1-4(13)8(14)18-2-3/h1-2,19H. The summed E-state index contributed by atoms with van der Waals surface area (Å²) in [6.45, 7) is 0. The van der Waals surface area contributed by atoms with E-state index in [9.17, 15) is 21.6 Å². The van der Waals surface area contributed by atoms with E-state index in [1.165, 1.54) is 12.3 Å². The number of aromatic nitrogens is 2. The van der Waals surface area contributed by atoms with Crippen LogP contribution in [-0.4, -0.2) is 23.9 Å². The van der Waals surface area contributed by atoms with Gasteiger partial charge in [0.25, 0.3) is 9.84 Å². The van der Waals surface area contributed by atoms with Gasteiger partial charge < -0.3 is 4.98 Å². The molecule has 2 rings (SSSR count). The molecule has 0 aliphatic heterocycles. The zero-order valence-corrected chi connectivity index (χ0v) is 15.5. The summed E-state index contributed by atoms with van der Waals surface area (Å²) in [5.74, 6) is 0. The number of H-pyrrole nitrogens is 1. The fourth-order valence-electron chi connectivity index (χ4n) is 1.49. The number of nitrogens with zero attached hydrogens (tertiary/aromatic N) is 1. The van der Waals surface area contributed by atoms with Crippen LogP contribution in [0.15, 0.2) is 26.2 Å². The Morgan fingerprint density at radius 3 is 2.27 bits per heavy atom. The number of sulfone groups is 1. The molecule has 2 aromatic heterocycles. The molecule has 4 nitrogen and oxygen atoms in total. The molecule has 0 saturated heterocycles. The van der Waals surface area contributed by atoms with Gasteiger partial charge in [-0.2, -0.15) is 13.2 Å². The highest BCUT2D eigenvalue weighted by molar-refractivity contribution is 9.13. The molecule has 1 N–H and O–H groups in total. The molecule has 0 radical (unpaired) electrons. The van der Waals surface area contributed by atoms with E-state index in [1.54, 1.807) is 0 Å². The van der Waals surface area contributed by atoms with E-state index < -0.39 is 20.4 Å². The van der Waals surface area contributed by atoms with Gasteiger partial charge in [0.1, 0.15) is 5.15 Å². The number of rotatable bonds is 2. The molecule has 0 atom stereocenters. The lowest BCUT2D eigenvalue weighted by Crippen LogP contribution is -2.23. The summed E-state index contributed by atoms with van der Waals surface area (Å²) in [5, 5.41) is -0.944. The van der Waals surface area contributed by atoms with Crippen molar-refractivity contribution in [2.75, 3.05) is 0 Å². The first kappa shape index (κ1) is 18.1. The quantitative estimate of drug-likeness (QED) is 0.574. The smallest absolute Gasteiger partial charge is 0.343 e. The molecule has 0 unspecified atom stereocenters. The van der Waals surface area contributed by atoms with E-state index in [4.69, 9.17) is 23.2 Å². The van der Waals surface area contributed by atoms with Crippen LogP contribution >= 0.6 is 55.1 Å². The van der Waals surface area contributed by atoms with Crippen molar-refractivity contribution in [1.29, 1.82) is 0 Å². The predicted molar refractivity (Wildman–Crippen MR) is 82.7 cm³/mol. The maximum atomic E-state index is 12.7. The summed E-state index contributed by atoms with van der Waals surface area (Å²) in [5.41, 5.74) is -5.13. The van der Waals surface area contributed by atoms with Crippen LogP contribution in [0.25, 0.3) is 11.3 Å². The number of alkyl halides is 3. The average Bonchev–Trinajstić information content (AvgIpc) is 2.69. The van der Waals surface area contributed by atoms with E-state index >= 15 is 0 Å². The molecule has 0 aliphatic rings. The summed E-state index contributed by atoms with van der Waals surface area (Å²) in [6.07, 6.45) is 1.24. The van der Waals surface area contributed by atoms with Gasteiger partial charge in [-0.3, -0.25) is 0 Å². The van der Waals surface area contributed by atoms with Gasteiger partial charge in [0, 0.05) is 11.8 Å². The molecule has 0 fully saturated rings. The Bertz CT molecular complexity index is 853. The monoisotopic (exact) mass is 500 g/mol. The van der Waals surface area contributed by atoms with Gasteiger partial charge in [-0.1, -0.05) is 23.2 Å². The van der Waals surface area contributed by atoms with Crippen molar-refractivity contribution in [3.05, 3.63) is 31.4 Å². The number of nitrogens with one attached hydrogen (secondary N) is 1. The van der Waals surface area contributed by atoms with Gasteiger partial charge in [0.2, 0.25) is 0 Å². The number of aromatic amines is 1.